The molecule has 0 aliphatic carbocycles. The number of benzene rings is 3. The number of hydrogen-bond donors (Lipinski definition) is 1. The third-order valence-electron chi connectivity index (χ3n) is 5.99. The molecule has 1 aliphatic rings. The molecule has 1 aliphatic heterocycles. The number of aromatic nitrogens is 2. The predicted octanol–water partition coefficient (Wildman–Crippen LogP) is 3.47. The van der Waals surface area contributed by atoms with Crippen molar-refractivity contribution < 1.29 is 19.1 Å². The molecule has 1 unspecified atom stereocenters. The normalized spacial score (nSPS) is 15.0. The maximum Gasteiger partial charge on any atom is 0.359 e. The van der Waals surface area contributed by atoms with E-state index < -0.39 is 24.0 Å². The summed E-state index contributed by atoms with van der Waals surface area (Å²) >= 11 is 0. The molecular formula is C27H22N4O5. The minimum Gasteiger partial charge on any atom is -0.497 e. The van der Waals surface area contributed by atoms with Crippen molar-refractivity contribution in [2.45, 2.75) is 12.5 Å². The molecule has 0 saturated carbocycles. The summed E-state index contributed by atoms with van der Waals surface area (Å²) in [7, 11) is 1.59. The van der Waals surface area contributed by atoms with Crippen molar-refractivity contribution in [2.24, 2.45) is 5.10 Å². The highest BCUT2D eigenvalue weighted by atomic mass is 16.5. The number of fused-ring (bicyclic) bond motifs is 1. The molecule has 2 heterocycles. The second-order valence-corrected chi connectivity index (χ2v) is 8.17. The van der Waals surface area contributed by atoms with Gasteiger partial charge in [0.05, 0.1) is 24.2 Å². The van der Waals surface area contributed by atoms with Crippen LogP contribution in [-0.4, -0.2) is 46.5 Å². The predicted molar refractivity (Wildman–Crippen MR) is 133 cm³/mol. The molecule has 5 rings (SSSR count). The summed E-state index contributed by atoms with van der Waals surface area (Å²) in [5, 5.41) is 12.7. The summed E-state index contributed by atoms with van der Waals surface area (Å²) in [6, 6.07) is 23.2. The van der Waals surface area contributed by atoms with Gasteiger partial charge in [0.25, 0.3) is 11.5 Å². The largest absolute Gasteiger partial charge is 0.497 e. The van der Waals surface area contributed by atoms with Crippen LogP contribution >= 0.6 is 0 Å². The highest BCUT2D eigenvalue weighted by Crippen LogP contribution is 2.33. The van der Waals surface area contributed by atoms with Crippen molar-refractivity contribution in [3.8, 4) is 5.75 Å². The molecule has 4 aromatic rings. The van der Waals surface area contributed by atoms with Crippen molar-refractivity contribution in [3.05, 3.63) is 106 Å². The highest BCUT2D eigenvalue weighted by Gasteiger charge is 2.33. The first-order valence-corrected chi connectivity index (χ1v) is 11.3. The number of nitrogens with one attached hydrogen (secondary N) is 1. The van der Waals surface area contributed by atoms with E-state index in [0.717, 1.165) is 16.8 Å². The van der Waals surface area contributed by atoms with E-state index in [1.807, 2.05) is 54.6 Å². The van der Waals surface area contributed by atoms with Crippen LogP contribution in [0.5, 0.6) is 5.75 Å². The number of rotatable bonds is 6. The van der Waals surface area contributed by atoms with Gasteiger partial charge in [0.2, 0.25) is 0 Å². The number of H-pyrrole nitrogens is 1. The number of amides is 1. The second kappa shape index (κ2) is 9.83. The average molecular weight is 482 g/mol. The van der Waals surface area contributed by atoms with Crippen LogP contribution in [0.2, 0.25) is 0 Å². The molecule has 0 fully saturated rings. The van der Waals surface area contributed by atoms with Crippen molar-refractivity contribution in [1.29, 1.82) is 0 Å². The van der Waals surface area contributed by atoms with Crippen LogP contribution in [0.15, 0.2) is 88.8 Å². The van der Waals surface area contributed by atoms with Crippen LogP contribution in [0.4, 0.5) is 0 Å². The van der Waals surface area contributed by atoms with Gasteiger partial charge in [0.15, 0.2) is 12.3 Å². The highest BCUT2D eigenvalue weighted by molar-refractivity contribution is 6.04. The summed E-state index contributed by atoms with van der Waals surface area (Å²) in [6.45, 7) is -0.536. The Morgan fingerprint density at radius 2 is 1.67 bits per heavy atom. The number of nitrogens with zero attached hydrogens (tertiary/aromatic N) is 3. The number of hydrogen-bond acceptors (Lipinski definition) is 7. The average Bonchev–Trinajstić information content (AvgIpc) is 3.38. The standard InChI is InChI=1S/C27H22N4O5/c1-35-19-13-11-18(12-14-19)23-15-22(17-7-3-2-4-8-17)30-31(23)24(32)16-36-27(34)25-20-9-5-6-10-21(20)26(33)29-28-25/h2-14,23H,15-16H2,1H3,(H,29,33). The van der Waals surface area contributed by atoms with Crippen molar-refractivity contribution in [1.82, 2.24) is 15.2 Å². The molecule has 9 heteroatoms. The Morgan fingerprint density at radius 1 is 0.972 bits per heavy atom. The number of carbonyl (C=O) groups is 2. The fourth-order valence-corrected chi connectivity index (χ4v) is 4.16. The van der Waals surface area contributed by atoms with Crippen LogP contribution in [-0.2, 0) is 9.53 Å². The molecule has 1 aromatic heterocycles. The fraction of sp³-hybridized carbons (Fsp3) is 0.148. The lowest BCUT2D eigenvalue weighted by Crippen LogP contribution is -2.31. The topological polar surface area (TPSA) is 114 Å². The van der Waals surface area contributed by atoms with Gasteiger partial charge >= 0.3 is 5.97 Å². The lowest BCUT2D eigenvalue weighted by atomic mass is 9.98. The third-order valence-corrected chi connectivity index (χ3v) is 5.99. The lowest BCUT2D eigenvalue weighted by Gasteiger charge is -2.22. The third kappa shape index (κ3) is 4.46. The zero-order chi connectivity index (χ0) is 25.1. The van der Waals surface area contributed by atoms with Gasteiger partial charge in [-0.2, -0.15) is 10.2 Å². The minimum absolute atomic E-state index is 0.0698. The van der Waals surface area contributed by atoms with Crippen molar-refractivity contribution in [2.75, 3.05) is 13.7 Å². The fourth-order valence-electron chi connectivity index (χ4n) is 4.16. The molecule has 1 atom stereocenters. The Morgan fingerprint density at radius 3 is 2.39 bits per heavy atom. The summed E-state index contributed by atoms with van der Waals surface area (Å²) < 4.78 is 10.6. The molecule has 9 nitrogen and oxygen atoms in total. The molecule has 1 amide bonds. The van der Waals surface area contributed by atoms with Gasteiger partial charge in [-0.1, -0.05) is 60.7 Å². The van der Waals surface area contributed by atoms with E-state index in [1.165, 1.54) is 5.01 Å². The molecule has 0 saturated heterocycles. The molecule has 0 bridgehead atoms. The molecule has 0 radical (unpaired) electrons. The monoisotopic (exact) mass is 482 g/mol. The second-order valence-electron chi connectivity index (χ2n) is 8.17. The van der Waals surface area contributed by atoms with Crippen LogP contribution in [0.1, 0.15) is 34.1 Å². The van der Waals surface area contributed by atoms with Crippen LogP contribution < -0.4 is 10.3 Å². The van der Waals surface area contributed by atoms with Crippen molar-refractivity contribution >= 4 is 28.4 Å². The van der Waals surface area contributed by atoms with E-state index in [2.05, 4.69) is 15.3 Å². The van der Waals surface area contributed by atoms with E-state index in [-0.39, 0.29) is 11.7 Å². The van der Waals surface area contributed by atoms with E-state index in [0.29, 0.717) is 22.9 Å². The number of esters is 1. The first-order chi connectivity index (χ1) is 17.5. The molecular weight excluding hydrogens is 460 g/mol. The van der Waals surface area contributed by atoms with Crippen LogP contribution in [0.3, 0.4) is 0 Å². The quantitative estimate of drug-likeness (QED) is 0.421. The zero-order valence-corrected chi connectivity index (χ0v) is 19.4. The first-order valence-electron chi connectivity index (χ1n) is 11.3. The summed E-state index contributed by atoms with van der Waals surface area (Å²) in [5.74, 6) is -0.597. The number of aromatic amines is 1. The molecule has 180 valence electrons. The van der Waals surface area contributed by atoms with E-state index in [1.54, 1.807) is 31.4 Å². The number of methoxy groups -OCH3 is 1. The zero-order valence-electron chi connectivity index (χ0n) is 19.4. The van der Waals surface area contributed by atoms with Gasteiger partial charge in [0.1, 0.15) is 5.75 Å². The van der Waals surface area contributed by atoms with E-state index in [9.17, 15) is 14.4 Å². The molecule has 36 heavy (non-hydrogen) atoms. The van der Waals surface area contributed by atoms with Crippen LogP contribution in [0, 0.1) is 0 Å². The Labute approximate surface area is 206 Å². The maximum atomic E-state index is 13.2. The van der Waals surface area contributed by atoms with Crippen LogP contribution in [0.25, 0.3) is 10.8 Å². The Balaban J connectivity index is 1.38. The molecule has 1 N–H and O–H groups in total. The summed E-state index contributed by atoms with van der Waals surface area (Å²) in [5.41, 5.74) is 2.05. The minimum atomic E-state index is -0.816. The van der Waals surface area contributed by atoms with Gasteiger partial charge in [-0.15, -0.1) is 0 Å². The number of ether oxygens (including phenoxy) is 2. The SMILES string of the molecule is COc1ccc(C2CC(c3ccccc3)=NN2C(=O)COC(=O)c2n[nH]c(=O)c3ccccc23)cc1. The summed E-state index contributed by atoms with van der Waals surface area (Å²) in [4.78, 5) is 38.0. The smallest absolute Gasteiger partial charge is 0.359 e. The van der Waals surface area contributed by atoms with E-state index in [4.69, 9.17) is 9.47 Å². The van der Waals surface area contributed by atoms with Gasteiger partial charge in [0, 0.05) is 11.8 Å². The van der Waals surface area contributed by atoms with Gasteiger partial charge in [-0.25, -0.2) is 14.9 Å². The lowest BCUT2D eigenvalue weighted by molar-refractivity contribution is -0.136. The number of hydrazone groups is 1. The van der Waals surface area contributed by atoms with Gasteiger partial charge < -0.3 is 9.47 Å². The maximum absolute atomic E-state index is 13.2. The first kappa shape index (κ1) is 23.0. The van der Waals surface area contributed by atoms with Gasteiger partial charge in [-0.05, 0) is 29.3 Å². The Kier molecular flexibility index (Phi) is 6.27. The molecule has 0 spiro atoms. The Hall–Kier alpha value is -4.79. The summed E-state index contributed by atoms with van der Waals surface area (Å²) in [6.07, 6.45) is 0.502. The number of carbonyl (C=O) groups excluding carboxylic acids is 2. The van der Waals surface area contributed by atoms with E-state index >= 15 is 0 Å². The van der Waals surface area contributed by atoms with Gasteiger partial charge in [-0.3, -0.25) is 9.59 Å². The van der Waals surface area contributed by atoms with Crippen molar-refractivity contribution in [3.63, 3.8) is 0 Å². The Bertz CT molecular complexity index is 1510. The molecule has 3 aromatic carbocycles.